The molecule has 0 bridgehead atoms. The third-order valence-corrected chi connectivity index (χ3v) is 3.40. The van der Waals surface area contributed by atoms with E-state index in [4.69, 9.17) is 4.74 Å². The number of aromatic nitrogens is 3. The van der Waals surface area contributed by atoms with E-state index in [1.165, 1.54) is 6.42 Å². The molecule has 0 amide bonds. The lowest BCUT2D eigenvalue weighted by atomic mass is 9.75. The monoisotopic (exact) mass is 225 g/mol. The van der Waals surface area contributed by atoms with Gasteiger partial charge in [-0.2, -0.15) is 0 Å². The highest BCUT2D eigenvalue weighted by atomic mass is 16.5. The number of rotatable bonds is 5. The number of aryl methyl sites for hydroxylation is 1. The minimum atomic E-state index is -0.392. The Balaban J connectivity index is 1.86. The molecule has 1 aromatic rings. The first-order chi connectivity index (χ1) is 7.63. The van der Waals surface area contributed by atoms with E-state index in [0.29, 0.717) is 12.8 Å². The molecule has 0 spiro atoms. The molecule has 16 heavy (non-hydrogen) atoms. The lowest BCUT2D eigenvalue weighted by Crippen LogP contribution is -2.42. The van der Waals surface area contributed by atoms with E-state index in [1.54, 1.807) is 11.8 Å². The quantitative estimate of drug-likeness (QED) is 0.800. The average molecular weight is 225 g/mol. The number of aliphatic hydroxyl groups excluding tert-OH is 1. The first kappa shape index (κ1) is 11.5. The minimum Gasteiger partial charge on any atom is -0.393 e. The van der Waals surface area contributed by atoms with Crippen molar-refractivity contribution >= 4 is 0 Å². The molecule has 0 aromatic carbocycles. The molecule has 1 saturated carbocycles. The summed E-state index contributed by atoms with van der Waals surface area (Å²) in [6.07, 6.45) is 6.01. The summed E-state index contributed by atoms with van der Waals surface area (Å²) in [5, 5.41) is 17.8. The van der Waals surface area contributed by atoms with Gasteiger partial charge in [0.1, 0.15) is 0 Å². The summed E-state index contributed by atoms with van der Waals surface area (Å²) in [6.45, 7) is 0. The van der Waals surface area contributed by atoms with Gasteiger partial charge in [0.25, 0.3) is 0 Å². The molecule has 1 atom stereocenters. The van der Waals surface area contributed by atoms with Crippen molar-refractivity contribution in [3.63, 3.8) is 0 Å². The fourth-order valence-corrected chi connectivity index (χ4v) is 2.29. The number of methoxy groups -OCH3 is 1. The second kappa shape index (κ2) is 4.51. The highest BCUT2D eigenvalue weighted by Crippen LogP contribution is 2.39. The predicted molar refractivity (Wildman–Crippen MR) is 58.9 cm³/mol. The number of hydrogen-bond acceptors (Lipinski definition) is 4. The van der Waals surface area contributed by atoms with Crippen LogP contribution in [0.4, 0.5) is 0 Å². The SMILES string of the molecule is COC1(CC(O)Cc2cn(C)nn2)CCC1. The standard InChI is InChI=1S/C11H19N3O2/c1-14-8-9(12-13-14)6-10(15)7-11(16-2)4-3-5-11/h8,10,15H,3-7H2,1-2H3. The third-order valence-electron chi connectivity index (χ3n) is 3.40. The van der Waals surface area contributed by atoms with Crippen LogP contribution in [0.25, 0.3) is 0 Å². The van der Waals surface area contributed by atoms with Crippen LogP contribution < -0.4 is 0 Å². The number of ether oxygens (including phenoxy) is 1. The fraction of sp³-hybridized carbons (Fsp3) is 0.818. The van der Waals surface area contributed by atoms with Crippen molar-refractivity contribution in [2.75, 3.05) is 7.11 Å². The van der Waals surface area contributed by atoms with Crippen molar-refractivity contribution in [2.45, 2.75) is 43.8 Å². The largest absolute Gasteiger partial charge is 0.393 e. The number of nitrogens with zero attached hydrogens (tertiary/aromatic N) is 3. The molecule has 1 heterocycles. The zero-order chi connectivity index (χ0) is 11.6. The van der Waals surface area contributed by atoms with Gasteiger partial charge in [0.2, 0.25) is 0 Å². The highest BCUT2D eigenvalue weighted by Gasteiger charge is 2.38. The molecule has 2 rings (SSSR count). The van der Waals surface area contributed by atoms with Crippen LogP contribution in [0.15, 0.2) is 6.20 Å². The Labute approximate surface area is 95.4 Å². The van der Waals surface area contributed by atoms with Crippen LogP contribution >= 0.6 is 0 Å². The van der Waals surface area contributed by atoms with Crippen molar-refractivity contribution in [1.29, 1.82) is 0 Å². The van der Waals surface area contributed by atoms with Gasteiger partial charge in [0.15, 0.2) is 0 Å². The summed E-state index contributed by atoms with van der Waals surface area (Å²) in [4.78, 5) is 0. The van der Waals surface area contributed by atoms with Gasteiger partial charge in [-0.05, 0) is 19.3 Å². The van der Waals surface area contributed by atoms with Crippen molar-refractivity contribution in [2.24, 2.45) is 7.05 Å². The van der Waals surface area contributed by atoms with Crippen molar-refractivity contribution in [1.82, 2.24) is 15.0 Å². The van der Waals surface area contributed by atoms with E-state index in [1.807, 2.05) is 13.2 Å². The molecule has 1 fully saturated rings. The smallest absolute Gasteiger partial charge is 0.0852 e. The zero-order valence-corrected chi connectivity index (χ0v) is 9.89. The van der Waals surface area contributed by atoms with Crippen molar-refractivity contribution in [3.05, 3.63) is 11.9 Å². The average Bonchev–Trinajstić information content (AvgIpc) is 2.57. The molecule has 0 saturated heterocycles. The topological polar surface area (TPSA) is 60.2 Å². The van der Waals surface area contributed by atoms with Crippen LogP contribution in [0.1, 0.15) is 31.4 Å². The molecular formula is C11H19N3O2. The van der Waals surface area contributed by atoms with Crippen LogP contribution in [-0.4, -0.2) is 38.9 Å². The molecule has 0 aliphatic heterocycles. The Morgan fingerprint density at radius 3 is 2.81 bits per heavy atom. The Kier molecular flexibility index (Phi) is 3.25. The van der Waals surface area contributed by atoms with Gasteiger partial charge < -0.3 is 9.84 Å². The van der Waals surface area contributed by atoms with Gasteiger partial charge in [-0.3, -0.25) is 4.68 Å². The van der Waals surface area contributed by atoms with E-state index in [0.717, 1.165) is 18.5 Å². The fourth-order valence-electron chi connectivity index (χ4n) is 2.29. The molecule has 1 aliphatic rings. The third kappa shape index (κ3) is 2.41. The van der Waals surface area contributed by atoms with Gasteiger partial charge in [-0.25, -0.2) is 0 Å². The molecule has 1 aromatic heterocycles. The van der Waals surface area contributed by atoms with Crippen LogP contribution in [0.5, 0.6) is 0 Å². The summed E-state index contributed by atoms with van der Waals surface area (Å²) in [5.74, 6) is 0. The first-order valence-corrected chi connectivity index (χ1v) is 5.72. The summed E-state index contributed by atoms with van der Waals surface area (Å²) in [7, 11) is 3.56. The van der Waals surface area contributed by atoms with Crippen LogP contribution in [0.3, 0.4) is 0 Å². The summed E-state index contributed by atoms with van der Waals surface area (Å²) < 4.78 is 7.14. The van der Waals surface area contributed by atoms with Crippen LogP contribution in [-0.2, 0) is 18.2 Å². The summed E-state index contributed by atoms with van der Waals surface area (Å²) >= 11 is 0. The molecule has 1 unspecified atom stereocenters. The van der Waals surface area contributed by atoms with E-state index in [-0.39, 0.29) is 5.60 Å². The van der Waals surface area contributed by atoms with E-state index in [2.05, 4.69) is 10.3 Å². The Morgan fingerprint density at radius 1 is 1.62 bits per heavy atom. The molecule has 5 heteroatoms. The normalized spacial score (nSPS) is 20.4. The molecule has 1 N–H and O–H groups in total. The maximum absolute atomic E-state index is 9.99. The molecular weight excluding hydrogens is 206 g/mol. The molecule has 5 nitrogen and oxygen atoms in total. The van der Waals surface area contributed by atoms with E-state index in [9.17, 15) is 5.11 Å². The second-order valence-electron chi connectivity index (χ2n) is 4.69. The second-order valence-corrected chi connectivity index (χ2v) is 4.69. The predicted octanol–water partition coefficient (Wildman–Crippen LogP) is 0.678. The van der Waals surface area contributed by atoms with Crippen molar-refractivity contribution < 1.29 is 9.84 Å². The maximum Gasteiger partial charge on any atom is 0.0852 e. The molecule has 0 radical (unpaired) electrons. The Bertz CT molecular complexity index is 341. The highest BCUT2D eigenvalue weighted by molar-refractivity contribution is 4.98. The van der Waals surface area contributed by atoms with Gasteiger partial charge >= 0.3 is 0 Å². The maximum atomic E-state index is 9.99. The summed E-state index contributed by atoms with van der Waals surface area (Å²) in [6, 6.07) is 0. The Hall–Kier alpha value is -0.940. The van der Waals surface area contributed by atoms with Crippen LogP contribution in [0, 0.1) is 0 Å². The van der Waals surface area contributed by atoms with E-state index < -0.39 is 6.10 Å². The van der Waals surface area contributed by atoms with Gasteiger partial charge in [-0.1, -0.05) is 5.21 Å². The number of aliphatic hydroxyl groups is 1. The van der Waals surface area contributed by atoms with Gasteiger partial charge in [0, 0.05) is 33.2 Å². The minimum absolute atomic E-state index is 0.0817. The lowest BCUT2D eigenvalue weighted by Gasteiger charge is -2.41. The van der Waals surface area contributed by atoms with E-state index >= 15 is 0 Å². The first-order valence-electron chi connectivity index (χ1n) is 5.72. The Morgan fingerprint density at radius 2 is 2.38 bits per heavy atom. The summed E-state index contributed by atoms with van der Waals surface area (Å²) in [5.41, 5.74) is 0.752. The number of hydrogen-bond donors (Lipinski definition) is 1. The van der Waals surface area contributed by atoms with Crippen LogP contribution in [0.2, 0.25) is 0 Å². The zero-order valence-electron chi connectivity index (χ0n) is 9.89. The molecule has 1 aliphatic carbocycles. The van der Waals surface area contributed by atoms with Crippen molar-refractivity contribution in [3.8, 4) is 0 Å². The molecule has 90 valence electrons. The van der Waals surface area contributed by atoms with Gasteiger partial charge in [0.05, 0.1) is 17.4 Å². The lowest BCUT2D eigenvalue weighted by molar-refractivity contribution is -0.0990. The van der Waals surface area contributed by atoms with Gasteiger partial charge in [-0.15, -0.1) is 5.10 Å².